The molecule has 0 aromatic heterocycles. The fourth-order valence-electron chi connectivity index (χ4n) is 2.14. The quantitative estimate of drug-likeness (QED) is 0.894. The third kappa shape index (κ3) is 2.54. The lowest BCUT2D eigenvalue weighted by atomic mass is 9.96. The van der Waals surface area contributed by atoms with Crippen LogP contribution in [0.4, 0.5) is 0 Å². The predicted molar refractivity (Wildman–Crippen MR) is 74.9 cm³/mol. The van der Waals surface area contributed by atoms with Crippen LogP contribution in [0.3, 0.4) is 0 Å². The Kier molecular flexibility index (Phi) is 3.68. The van der Waals surface area contributed by atoms with Crippen molar-refractivity contribution in [2.45, 2.75) is 19.9 Å². The number of ether oxygens (including phenoxy) is 1. The molecular formula is C16H19NO. The zero-order chi connectivity index (χ0) is 13.1. The Morgan fingerprint density at radius 2 is 1.72 bits per heavy atom. The standard InChI is InChI=1S/C16H19NO/c1-11-5-4-6-13(9-11)16(17)14-10-12(2)7-8-15(14)18-3/h4-10,16H,17H2,1-3H3. The molecule has 0 saturated heterocycles. The van der Waals surface area contributed by atoms with Gasteiger partial charge in [0.05, 0.1) is 13.2 Å². The van der Waals surface area contributed by atoms with Crippen LogP contribution >= 0.6 is 0 Å². The summed E-state index contributed by atoms with van der Waals surface area (Å²) in [4.78, 5) is 0. The number of nitrogens with two attached hydrogens (primary N) is 1. The van der Waals surface area contributed by atoms with Crippen LogP contribution in [-0.4, -0.2) is 7.11 Å². The van der Waals surface area contributed by atoms with Gasteiger partial charge in [-0.25, -0.2) is 0 Å². The van der Waals surface area contributed by atoms with Crippen LogP contribution < -0.4 is 10.5 Å². The number of methoxy groups -OCH3 is 1. The highest BCUT2D eigenvalue weighted by Gasteiger charge is 2.14. The Balaban J connectivity index is 2.44. The van der Waals surface area contributed by atoms with Gasteiger partial charge in [0.15, 0.2) is 0 Å². The first-order valence-corrected chi connectivity index (χ1v) is 6.08. The molecule has 2 aromatic carbocycles. The molecule has 0 aliphatic rings. The SMILES string of the molecule is COc1ccc(C)cc1C(N)c1cccc(C)c1. The van der Waals surface area contributed by atoms with E-state index in [1.165, 1.54) is 11.1 Å². The van der Waals surface area contributed by atoms with Crippen LogP contribution in [0.15, 0.2) is 42.5 Å². The highest BCUT2D eigenvalue weighted by Crippen LogP contribution is 2.29. The average molecular weight is 241 g/mol. The van der Waals surface area contributed by atoms with Crippen molar-refractivity contribution in [1.82, 2.24) is 0 Å². The fraction of sp³-hybridized carbons (Fsp3) is 0.250. The van der Waals surface area contributed by atoms with Crippen LogP contribution in [-0.2, 0) is 0 Å². The molecule has 0 fully saturated rings. The van der Waals surface area contributed by atoms with E-state index in [0.717, 1.165) is 16.9 Å². The lowest BCUT2D eigenvalue weighted by Gasteiger charge is -2.17. The average Bonchev–Trinajstić information content (AvgIpc) is 2.38. The van der Waals surface area contributed by atoms with Gasteiger partial charge in [0.2, 0.25) is 0 Å². The van der Waals surface area contributed by atoms with Crippen molar-refractivity contribution in [3.8, 4) is 5.75 Å². The minimum atomic E-state index is -0.153. The molecule has 0 aliphatic heterocycles. The van der Waals surface area contributed by atoms with Gasteiger partial charge in [-0.2, -0.15) is 0 Å². The summed E-state index contributed by atoms with van der Waals surface area (Å²) in [6.07, 6.45) is 0. The third-order valence-electron chi connectivity index (χ3n) is 3.12. The van der Waals surface area contributed by atoms with Crippen molar-refractivity contribution in [3.63, 3.8) is 0 Å². The molecule has 94 valence electrons. The van der Waals surface area contributed by atoms with E-state index >= 15 is 0 Å². The summed E-state index contributed by atoms with van der Waals surface area (Å²) in [5, 5.41) is 0. The maximum Gasteiger partial charge on any atom is 0.123 e. The van der Waals surface area contributed by atoms with Gasteiger partial charge < -0.3 is 10.5 Å². The van der Waals surface area contributed by atoms with Crippen molar-refractivity contribution in [1.29, 1.82) is 0 Å². The molecule has 18 heavy (non-hydrogen) atoms. The van der Waals surface area contributed by atoms with E-state index in [-0.39, 0.29) is 6.04 Å². The van der Waals surface area contributed by atoms with E-state index in [1.807, 2.05) is 18.2 Å². The van der Waals surface area contributed by atoms with Crippen LogP contribution in [0.2, 0.25) is 0 Å². The highest BCUT2D eigenvalue weighted by atomic mass is 16.5. The van der Waals surface area contributed by atoms with Crippen molar-refractivity contribution in [2.75, 3.05) is 7.11 Å². The molecule has 1 unspecified atom stereocenters. The van der Waals surface area contributed by atoms with Gasteiger partial charge in [-0.15, -0.1) is 0 Å². The van der Waals surface area contributed by atoms with Crippen molar-refractivity contribution < 1.29 is 4.74 Å². The van der Waals surface area contributed by atoms with Crippen LogP contribution in [0.1, 0.15) is 28.3 Å². The largest absolute Gasteiger partial charge is 0.496 e. The minimum Gasteiger partial charge on any atom is -0.496 e. The first-order chi connectivity index (χ1) is 8.61. The van der Waals surface area contributed by atoms with E-state index in [1.54, 1.807) is 7.11 Å². The van der Waals surface area contributed by atoms with Crippen molar-refractivity contribution in [2.24, 2.45) is 5.73 Å². The molecule has 2 nitrogen and oxygen atoms in total. The molecule has 0 radical (unpaired) electrons. The Bertz CT molecular complexity index is 549. The van der Waals surface area contributed by atoms with Gasteiger partial charge in [0, 0.05) is 5.56 Å². The lowest BCUT2D eigenvalue weighted by Crippen LogP contribution is -2.13. The summed E-state index contributed by atoms with van der Waals surface area (Å²) in [5.41, 5.74) is 10.9. The van der Waals surface area contributed by atoms with Gasteiger partial charge in [0.25, 0.3) is 0 Å². The number of benzene rings is 2. The summed E-state index contributed by atoms with van der Waals surface area (Å²) in [5.74, 6) is 0.842. The summed E-state index contributed by atoms with van der Waals surface area (Å²) in [7, 11) is 1.68. The minimum absolute atomic E-state index is 0.153. The second kappa shape index (κ2) is 5.23. The van der Waals surface area contributed by atoms with Crippen LogP contribution in [0.25, 0.3) is 0 Å². The van der Waals surface area contributed by atoms with Crippen molar-refractivity contribution >= 4 is 0 Å². The Hall–Kier alpha value is -1.80. The number of hydrogen-bond donors (Lipinski definition) is 1. The van der Waals surface area contributed by atoms with E-state index < -0.39 is 0 Å². The van der Waals surface area contributed by atoms with E-state index in [9.17, 15) is 0 Å². The molecule has 2 heteroatoms. The normalized spacial score (nSPS) is 12.2. The van der Waals surface area contributed by atoms with Crippen molar-refractivity contribution in [3.05, 3.63) is 64.7 Å². The molecule has 0 bridgehead atoms. The summed E-state index contributed by atoms with van der Waals surface area (Å²) < 4.78 is 5.39. The number of hydrogen-bond acceptors (Lipinski definition) is 2. The maximum atomic E-state index is 6.35. The smallest absolute Gasteiger partial charge is 0.123 e. The predicted octanol–water partition coefficient (Wildman–Crippen LogP) is 3.36. The van der Waals surface area contributed by atoms with Gasteiger partial charge in [-0.1, -0.05) is 47.5 Å². The van der Waals surface area contributed by atoms with Gasteiger partial charge >= 0.3 is 0 Å². The first kappa shape index (κ1) is 12.7. The topological polar surface area (TPSA) is 35.2 Å². The summed E-state index contributed by atoms with van der Waals surface area (Å²) in [6.45, 7) is 4.13. The Morgan fingerprint density at radius 3 is 2.39 bits per heavy atom. The van der Waals surface area contributed by atoms with E-state index in [0.29, 0.717) is 0 Å². The molecule has 2 N–H and O–H groups in total. The monoisotopic (exact) mass is 241 g/mol. The van der Waals surface area contributed by atoms with Gasteiger partial charge in [-0.3, -0.25) is 0 Å². The number of aryl methyl sites for hydroxylation is 2. The summed E-state index contributed by atoms with van der Waals surface area (Å²) >= 11 is 0. The molecule has 0 amide bonds. The van der Waals surface area contributed by atoms with Crippen LogP contribution in [0, 0.1) is 13.8 Å². The molecule has 1 atom stereocenters. The molecule has 2 aromatic rings. The number of rotatable bonds is 3. The van der Waals surface area contributed by atoms with E-state index in [4.69, 9.17) is 10.5 Å². The highest BCUT2D eigenvalue weighted by molar-refractivity contribution is 5.44. The molecule has 0 aliphatic carbocycles. The summed E-state index contributed by atoms with van der Waals surface area (Å²) in [6, 6.07) is 14.2. The molecule has 0 heterocycles. The second-order valence-electron chi connectivity index (χ2n) is 4.64. The first-order valence-electron chi connectivity index (χ1n) is 6.08. The molecule has 0 saturated carbocycles. The fourth-order valence-corrected chi connectivity index (χ4v) is 2.14. The molecule has 0 spiro atoms. The second-order valence-corrected chi connectivity index (χ2v) is 4.64. The van der Waals surface area contributed by atoms with Gasteiger partial charge in [0.1, 0.15) is 5.75 Å². The lowest BCUT2D eigenvalue weighted by molar-refractivity contribution is 0.407. The molecule has 2 rings (SSSR count). The van der Waals surface area contributed by atoms with Gasteiger partial charge in [-0.05, 0) is 25.5 Å². The zero-order valence-corrected chi connectivity index (χ0v) is 11.1. The Labute approximate surface area is 108 Å². The van der Waals surface area contributed by atoms with E-state index in [2.05, 4.69) is 38.1 Å². The third-order valence-corrected chi connectivity index (χ3v) is 3.12. The maximum absolute atomic E-state index is 6.35. The molecular weight excluding hydrogens is 222 g/mol. The Morgan fingerprint density at radius 1 is 1.00 bits per heavy atom. The zero-order valence-electron chi connectivity index (χ0n) is 11.1. The van der Waals surface area contributed by atoms with Crippen LogP contribution in [0.5, 0.6) is 5.75 Å².